The first kappa shape index (κ1) is 14.0. The summed E-state index contributed by atoms with van der Waals surface area (Å²) in [4.78, 5) is 37.7. The van der Waals surface area contributed by atoms with E-state index in [2.05, 4.69) is 4.98 Å². The Morgan fingerprint density at radius 2 is 1.95 bits per heavy atom. The lowest BCUT2D eigenvalue weighted by atomic mass is 10.1. The molecule has 0 radical (unpaired) electrons. The van der Waals surface area contributed by atoms with Gasteiger partial charge in [0.1, 0.15) is 0 Å². The Hall–Kier alpha value is -2.37. The number of hydrogen-bond donors (Lipinski definition) is 2. The molecule has 2 aromatic rings. The molecule has 6 nitrogen and oxygen atoms in total. The lowest BCUT2D eigenvalue weighted by Gasteiger charge is -2.19. The summed E-state index contributed by atoms with van der Waals surface area (Å²) in [6.07, 6.45) is 1.28. The van der Waals surface area contributed by atoms with Crippen molar-refractivity contribution in [2.24, 2.45) is 0 Å². The molecule has 0 aliphatic rings. The first-order valence-electron chi connectivity index (χ1n) is 6.52. The Balaban J connectivity index is 3.02. The minimum absolute atomic E-state index is 0.0164. The molecule has 1 aromatic carbocycles. The van der Waals surface area contributed by atoms with Crippen LogP contribution in [0, 0.1) is 0 Å². The molecule has 0 atom stereocenters. The Bertz CT molecular complexity index is 769. The van der Waals surface area contributed by atoms with Crippen LogP contribution in [0.25, 0.3) is 11.0 Å². The maximum absolute atomic E-state index is 12.1. The van der Waals surface area contributed by atoms with Crippen LogP contribution in [-0.4, -0.2) is 20.6 Å². The molecule has 1 aromatic heterocycles. The third-order valence-corrected chi connectivity index (χ3v) is 3.48. The van der Waals surface area contributed by atoms with Crippen LogP contribution in [0.5, 0.6) is 0 Å². The van der Waals surface area contributed by atoms with Crippen molar-refractivity contribution in [3.63, 3.8) is 0 Å². The van der Waals surface area contributed by atoms with Gasteiger partial charge in [0.25, 0.3) is 0 Å². The normalized spacial score (nSPS) is 11.2. The monoisotopic (exact) mass is 276 g/mol. The highest BCUT2D eigenvalue weighted by atomic mass is 16.4. The highest BCUT2D eigenvalue weighted by molar-refractivity contribution is 6.00. The molecule has 106 valence electrons. The zero-order chi connectivity index (χ0) is 14.9. The van der Waals surface area contributed by atoms with E-state index in [-0.39, 0.29) is 17.1 Å². The van der Waals surface area contributed by atoms with Gasteiger partial charge in [-0.1, -0.05) is 19.9 Å². The van der Waals surface area contributed by atoms with Crippen molar-refractivity contribution in [2.75, 3.05) is 0 Å². The van der Waals surface area contributed by atoms with E-state index in [1.807, 2.05) is 13.8 Å². The zero-order valence-corrected chi connectivity index (χ0v) is 11.3. The fourth-order valence-corrected chi connectivity index (χ4v) is 2.47. The van der Waals surface area contributed by atoms with Crippen molar-refractivity contribution in [2.45, 2.75) is 32.7 Å². The minimum Gasteiger partial charge on any atom is -0.478 e. The average Bonchev–Trinajstić information content (AvgIpc) is 2.43. The number of aromatic nitrogens is 2. The second-order valence-corrected chi connectivity index (χ2v) is 4.61. The summed E-state index contributed by atoms with van der Waals surface area (Å²) in [5, 5.41) is 9.29. The quantitative estimate of drug-likeness (QED) is 0.832. The number of fused-ring (bicyclic) bond motifs is 1. The maximum Gasteiger partial charge on any atom is 0.337 e. The Kier molecular flexibility index (Phi) is 3.74. The van der Waals surface area contributed by atoms with E-state index in [0.29, 0.717) is 18.4 Å². The smallest absolute Gasteiger partial charge is 0.337 e. The van der Waals surface area contributed by atoms with Gasteiger partial charge in [0.15, 0.2) is 0 Å². The Morgan fingerprint density at radius 3 is 2.50 bits per heavy atom. The molecule has 20 heavy (non-hydrogen) atoms. The number of carbonyl (C=O) groups is 1. The number of carboxylic acid groups (broad SMARTS) is 1. The number of H-pyrrole nitrogens is 1. The number of rotatable bonds is 4. The third kappa shape index (κ3) is 2.13. The maximum atomic E-state index is 12.1. The third-order valence-electron chi connectivity index (χ3n) is 3.48. The molecule has 0 spiro atoms. The van der Waals surface area contributed by atoms with Crippen molar-refractivity contribution in [3.05, 3.63) is 44.5 Å². The van der Waals surface area contributed by atoms with Crippen molar-refractivity contribution < 1.29 is 9.90 Å². The predicted octanol–water partition coefficient (Wildman–Crippen LogP) is 1.75. The van der Waals surface area contributed by atoms with Crippen molar-refractivity contribution in [1.82, 2.24) is 9.55 Å². The molecule has 0 saturated heterocycles. The lowest BCUT2D eigenvalue weighted by Crippen LogP contribution is -2.38. The van der Waals surface area contributed by atoms with E-state index in [4.69, 9.17) is 0 Å². The molecule has 2 rings (SSSR count). The highest BCUT2D eigenvalue weighted by Crippen LogP contribution is 2.21. The molecule has 0 aliphatic carbocycles. The van der Waals surface area contributed by atoms with Crippen LogP contribution < -0.4 is 11.1 Å². The standard InChI is InChI=1S/C14H16N2O4/c1-3-8(4-2)16-11-9(14(19)20)6-5-7-10(11)15-12(17)13(16)18/h5-8H,3-4H2,1-2H3,(H,15,17)(H,19,20). The van der Waals surface area contributed by atoms with Gasteiger partial charge in [-0.2, -0.15) is 0 Å². The van der Waals surface area contributed by atoms with Crippen molar-refractivity contribution in [3.8, 4) is 0 Å². The minimum atomic E-state index is -1.12. The summed E-state index contributed by atoms with van der Waals surface area (Å²) in [7, 11) is 0. The number of para-hydroxylation sites is 1. The molecule has 0 saturated carbocycles. The topological polar surface area (TPSA) is 92.2 Å². The van der Waals surface area contributed by atoms with Gasteiger partial charge >= 0.3 is 17.1 Å². The van der Waals surface area contributed by atoms with E-state index in [0.717, 1.165) is 0 Å². The molecule has 2 N–H and O–H groups in total. The van der Waals surface area contributed by atoms with Crippen LogP contribution in [0.3, 0.4) is 0 Å². The summed E-state index contributed by atoms with van der Waals surface area (Å²) in [5.41, 5.74) is -0.783. The van der Waals surface area contributed by atoms with Crippen LogP contribution in [0.15, 0.2) is 27.8 Å². The molecule has 0 fully saturated rings. The summed E-state index contributed by atoms with van der Waals surface area (Å²) >= 11 is 0. The van der Waals surface area contributed by atoms with E-state index in [9.17, 15) is 19.5 Å². The molecular formula is C14H16N2O4. The first-order chi connectivity index (χ1) is 9.51. The van der Waals surface area contributed by atoms with Crippen LogP contribution in [0.2, 0.25) is 0 Å². The number of aromatic amines is 1. The lowest BCUT2D eigenvalue weighted by molar-refractivity contribution is 0.0698. The fourth-order valence-electron chi connectivity index (χ4n) is 2.47. The number of aromatic carboxylic acids is 1. The molecule has 0 aliphatic heterocycles. The van der Waals surface area contributed by atoms with Crippen LogP contribution in [0.1, 0.15) is 43.1 Å². The van der Waals surface area contributed by atoms with Gasteiger partial charge in [-0.05, 0) is 25.0 Å². The van der Waals surface area contributed by atoms with E-state index >= 15 is 0 Å². The van der Waals surface area contributed by atoms with E-state index in [1.165, 1.54) is 10.6 Å². The number of nitrogens with zero attached hydrogens (tertiary/aromatic N) is 1. The number of hydrogen-bond acceptors (Lipinski definition) is 3. The van der Waals surface area contributed by atoms with Crippen LogP contribution in [-0.2, 0) is 0 Å². The number of benzene rings is 1. The summed E-state index contributed by atoms with van der Waals surface area (Å²) in [5.74, 6) is -1.12. The molecule has 6 heteroatoms. The predicted molar refractivity (Wildman–Crippen MR) is 75.4 cm³/mol. The highest BCUT2D eigenvalue weighted by Gasteiger charge is 2.19. The van der Waals surface area contributed by atoms with Crippen LogP contribution >= 0.6 is 0 Å². The fraction of sp³-hybridized carbons (Fsp3) is 0.357. The summed E-state index contributed by atoms with van der Waals surface area (Å²) in [6, 6.07) is 4.37. The average molecular weight is 276 g/mol. The van der Waals surface area contributed by atoms with Gasteiger partial charge < -0.3 is 10.1 Å². The van der Waals surface area contributed by atoms with Gasteiger partial charge in [-0.3, -0.25) is 14.2 Å². The number of carboxylic acids is 1. The Labute approximate surface area is 114 Å². The molecule has 0 amide bonds. The van der Waals surface area contributed by atoms with Gasteiger partial charge in [-0.15, -0.1) is 0 Å². The first-order valence-corrected chi connectivity index (χ1v) is 6.52. The molecule has 0 bridgehead atoms. The summed E-state index contributed by atoms with van der Waals surface area (Å²) < 4.78 is 1.32. The number of nitrogens with one attached hydrogen (secondary N) is 1. The van der Waals surface area contributed by atoms with E-state index < -0.39 is 17.1 Å². The van der Waals surface area contributed by atoms with Gasteiger partial charge in [0.05, 0.1) is 16.6 Å². The zero-order valence-electron chi connectivity index (χ0n) is 11.3. The second kappa shape index (κ2) is 5.32. The van der Waals surface area contributed by atoms with Crippen LogP contribution in [0.4, 0.5) is 0 Å². The Morgan fingerprint density at radius 1 is 1.30 bits per heavy atom. The second-order valence-electron chi connectivity index (χ2n) is 4.61. The van der Waals surface area contributed by atoms with Gasteiger partial charge in [0.2, 0.25) is 0 Å². The largest absolute Gasteiger partial charge is 0.478 e. The van der Waals surface area contributed by atoms with Gasteiger partial charge in [0, 0.05) is 6.04 Å². The SMILES string of the molecule is CCC(CC)n1c(=O)c(=O)[nH]c2cccc(C(=O)O)c21. The van der Waals surface area contributed by atoms with E-state index in [1.54, 1.807) is 12.1 Å². The van der Waals surface area contributed by atoms with Crippen molar-refractivity contribution in [1.29, 1.82) is 0 Å². The molecule has 1 heterocycles. The molecule has 0 unspecified atom stereocenters. The molecular weight excluding hydrogens is 260 g/mol. The summed E-state index contributed by atoms with van der Waals surface area (Å²) in [6.45, 7) is 3.80. The van der Waals surface area contributed by atoms with Crippen molar-refractivity contribution >= 4 is 17.0 Å². The van der Waals surface area contributed by atoms with Gasteiger partial charge in [-0.25, -0.2) is 4.79 Å².